The summed E-state index contributed by atoms with van der Waals surface area (Å²) in [5.74, 6) is -2.63. The Bertz CT molecular complexity index is 598. The lowest BCUT2D eigenvalue weighted by Crippen LogP contribution is -2.35. The van der Waals surface area contributed by atoms with E-state index in [1.165, 1.54) is 19.1 Å². The van der Waals surface area contributed by atoms with Crippen LogP contribution in [0.15, 0.2) is 18.2 Å². The molecule has 1 unspecified atom stereocenters. The maximum absolute atomic E-state index is 12.6. The average Bonchev–Trinajstić information content (AvgIpc) is 2.44. The number of carbonyl (C=O) groups excluding carboxylic acids is 1. The topological polar surface area (TPSA) is 104 Å². The second kappa shape index (κ2) is 8.28. The standard InChI is InChI=1S/C16H21NO6/c1-10-6-11(4-5-13(10)23-3)16(22)12(7-14(18)19)8-17(2)9-15(20)21/h4-6,12H,7-9H2,1-3H3,(H,18,19)(H,20,21). The number of benzene rings is 1. The van der Waals surface area contributed by atoms with E-state index in [1.54, 1.807) is 25.1 Å². The molecule has 7 heteroatoms. The molecule has 0 saturated heterocycles. The number of hydrogen-bond acceptors (Lipinski definition) is 5. The van der Waals surface area contributed by atoms with Crippen LogP contribution in [-0.4, -0.2) is 60.1 Å². The van der Waals surface area contributed by atoms with Crippen molar-refractivity contribution in [2.24, 2.45) is 5.92 Å². The van der Waals surface area contributed by atoms with Crippen LogP contribution in [0.2, 0.25) is 0 Å². The first-order chi connectivity index (χ1) is 10.7. The third-order valence-electron chi connectivity index (χ3n) is 3.41. The van der Waals surface area contributed by atoms with Gasteiger partial charge in [-0.05, 0) is 37.7 Å². The zero-order valence-electron chi connectivity index (χ0n) is 13.4. The minimum atomic E-state index is -1.10. The number of aliphatic carboxylic acids is 2. The van der Waals surface area contributed by atoms with Gasteiger partial charge >= 0.3 is 11.9 Å². The number of aryl methyl sites for hydroxylation is 1. The Hall–Kier alpha value is -2.41. The first kappa shape index (κ1) is 18.6. The summed E-state index contributed by atoms with van der Waals surface area (Å²) in [7, 11) is 3.06. The van der Waals surface area contributed by atoms with Crippen molar-refractivity contribution in [3.63, 3.8) is 0 Å². The SMILES string of the molecule is COc1ccc(C(=O)C(CC(=O)O)CN(C)CC(=O)O)cc1C. The van der Waals surface area contributed by atoms with Gasteiger partial charge in [-0.1, -0.05) is 0 Å². The molecule has 126 valence electrons. The summed E-state index contributed by atoms with van der Waals surface area (Å²) in [6.07, 6.45) is -0.353. The number of carbonyl (C=O) groups is 3. The highest BCUT2D eigenvalue weighted by atomic mass is 16.5. The van der Waals surface area contributed by atoms with Gasteiger partial charge in [0.25, 0.3) is 0 Å². The summed E-state index contributed by atoms with van der Waals surface area (Å²) in [5.41, 5.74) is 1.16. The Labute approximate surface area is 134 Å². The van der Waals surface area contributed by atoms with Crippen molar-refractivity contribution in [3.05, 3.63) is 29.3 Å². The molecule has 0 radical (unpaired) electrons. The van der Waals surface area contributed by atoms with Gasteiger partial charge in [-0.2, -0.15) is 0 Å². The number of rotatable bonds is 9. The third kappa shape index (κ3) is 5.71. The molecule has 1 rings (SSSR count). The van der Waals surface area contributed by atoms with E-state index in [4.69, 9.17) is 14.9 Å². The van der Waals surface area contributed by atoms with E-state index in [9.17, 15) is 14.4 Å². The fourth-order valence-electron chi connectivity index (χ4n) is 2.39. The van der Waals surface area contributed by atoms with Gasteiger partial charge in [0.1, 0.15) is 5.75 Å². The second-order valence-electron chi connectivity index (χ2n) is 5.43. The molecule has 0 aromatic heterocycles. The summed E-state index contributed by atoms with van der Waals surface area (Å²) in [6, 6.07) is 4.88. The molecule has 0 heterocycles. The minimum absolute atomic E-state index is 0.0580. The van der Waals surface area contributed by atoms with E-state index in [1.807, 2.05) is 0 Å². The van der Waals surface area contributed by atoms with Crippen LogP contribution in [0.3, 0.4) is 0 Å². The minimum Gasteiger partial charge on any atom is -0.496 e. The number of carboxylic acid groups (broad SMARTS) is 2. The van der Waals surface area contributed by atoms with Crippen molar-refractivity contribution in [1.29, 1.82) is 0 Å². The molecular weight excluding hydrogens is 302 g/mol. The Kier molecular flexibility index (Phi) is 6.71. The highest BCUT2D eigenvalue weighted by Crippen LogP contribution is 2.21. The van der Waals surface area contributed by atoms with Gasteiger partial charge in [0, 0.05) is 18.0 Å². The van der Waals surface area contributed by atoms with Gasteiger partial charge in [-0.15, -0.1) is 0 Å². The highest BCUT2D eigenvalue weighted by Gasteiger charge is 2.25. The molecule has 0 aliphatic carbocycles. The van der Waals surface area contributed by atoms with E-state index in [-0.39, 0.29) is 25.3 Å². The van der Waals surface area contributed by atoms with Crippen molar-refractivity contribution in [2.45, 2.75) is 13.3 Å². The smallest absolute Gasteiger partial charge is 0.317 e. The second-order valence-corrected chi connectivity index (χ2v) is 5.43. The zero-order chi connectivity index (χ0) is 17.6. The fourth-order valence-corrected chi connectivity index (χ4v) is 2.39. The van der Waals surface area contributed by atoms with Crippen LogP contribution in [0.1, 0.15) is 22.3 Å². The molecule has 0 spiro atoms. The van der Waals surface area contributed by atoms with E-state index in [2.05, 4.69) is 0 Å². The number of Topliss-reactive ketones (excluding diaryl/α,β-unsaturated/α-hetero) is 1. The zero-order valence-corrected chi connectivity index (χ0v) is 13.4. The molecule has 0 saturated carbocycles. The van der Waals surface area contributed by atoms with Gasteiger partial charge in [0.05, 0.1) is 20.1 Å². The number of likely N-dealkylation sites (N-methyl/N-ethyl adjacent to an activating group) is 1. The number of hydrogen-bond donors (Lipinski definition) is 2. The van der Waals surface area contributed by atoms with Crippen LogP contribution in [0.25, 0.3) is 0 Å². The fraction of sp³-hybridized carbons (Fsp3) is 0.438. The van der Waals surface area contributed by atoms with Crippen LogP contribution in [0, 0.1) is 12.8 Å². The molecule has 0 bridgehead atoms. The Morgan fingerprint density at radius 2 is 1.87 bits per heavy atom. The summed E-state index contributed by atoms with van der Waals surface area (Å²) in [4.78, 5) is 35.7. The largest absolute Gasteiger partial charge is 0.496 e. The van der Waals surface area contributed by atoms with Gasteiger partial charge in [0.15, 0.2) is 5.78 Å². The lowest BCUT2D eigenvalue weighted by Gasteiger charge is -2.21. The molecule has 23 heavy (non-hydrogen) atoms. The number of carboxylic acids is 2. The molecule has 2 N–H and O–H groups in total. The number of methoxy groups -OCH3 is 1. The van der Waals surface area contributed by atoms with Gasteiger partial charge < -0.3 is 14.9 Å². The lowest BCUT2D eigenvalue weighted by atomic mass is 9.93. The van der Waals surface area contributed by atoms with Crippen LogP contribution in [0.5, 0.6) is 5.75 Å². The monoisotopic (exact) mass is 323 g/mol. The molecule has 7 nitrogen and oxygen atoms in total. The van der Waals surface area contributed by atoms with Crippen LogP contribution >= 0.6 is 0 Å². The molecule has 1 aromatic rings. The number of ether oxygens (including phenoxy) is 1. The summed E-state index contributed by atoms with van der Waals surface area (Å²) >= 11 is 0. The predicted octanol–water partition coefficient (Wildman–Crippen LogP) is 1.29. The van der Waals surface area contributed by atoms with E-state index in [0.29, 0.717) is 11.3 Å². The lowest BCUT2D eigenvalue weighted by molar-refractivity contribution is -0.138. The number of nitrogens with zero attached hydrogens (tertiary/aromatic N) is 1. The predicted molar refractivity (Wildman–Crippen MR) is 82.9 cm³/mol. The maximum Gasteiger partial charge on any atom is 0.317 e. The van der Waals surface area contributed by atoms with E-state index in [0.717, 1.165) is 5.56 Å². The maximum atomic E-state index is 12.6. The Morgan fingerprint density at radius 1 is 1.22 bits per heavy atom. The molecule has 0 aliphatic heterocycles. The highest BCUT2D eigenvalue weighted by molar-refractivity contribution is 5.99. The molecule has 0 fully saturated rings. The Balaban J connectivity index is 2.96. The number of ketones is 1. The third-order valence-corrected chi connectivity index (χ3v) is 3.41. The normalized spacial score (nSPS) is 12.0. The van der Waals surface area contributed by atoms with Crippen molar-refractivity contribution < 1.29 is 29.3 Å². The summed E-state index contributed by atoms with van der Waals surface area (Å²) in [5, 5.41) is 17.8. The van der Waals surface area contributed by atoms with Crippen LogP contribution in [-0.2, 0) is 9.59 Å². The summed E-state index contributed by atoms with van der Waals surface area (Å²) < 4.78 is 5.13. The first-order valence-corrected chi connectivity index (χ1v) is 7.05. The van der Waals surface area contributed by atoms with Crippen molar-refractivity contribution in [1.82, 2.24) is 4.90 Å². The average molecular weight is 323 g/mol. The Morgan fingerprint density at radius 3 is 2.35 bits per heavy atom. The van der Waals surface area contributed by atoms with E-state index >= 15 is 0 Å². The van der Waals surface area contributed by atoms with Crippen molar-refractivity contribution in [3.8, 4) is 5.75 Å². The molecule has 1 aromatic carbocycles. The molecular formula is C16H21NO6. The quantitative estimate of drug-likeness (QED) is 0.660. The van der Waals surface area contributed by atoms with Crippen LogP contribution in [0.4, 0.5) is 0 Å². The van der Waals surface area contributed by atoms with Gasteiger partial charge in [-0.25, -0.2) is 0 Å². The summed E-state index contributed by atoms with van der Waals surface area (Å²) in [6.45, 7) is 1.59. The molecule has 0 aliphatic rings. The van der Waals surface area contributed by atoms with Gasteiger partial charge in [-0.3, -0.25) is 19.3 Å². The van der Waals surface area contributed by atoms with Crippen molar-refractivity contribution in [2.75, 3.05) is 27.2 Å². The van der Waals surface area contributed by atoms with E-state index < -0.39 is 17.9 Å². The molecule has 1 atom stereocenters. The first-order valence-electron chi connectivity index (χ1n) is 7.05. The van der Waals surface area contributed by atoms with Crippen LogP contribution < -0.4 is 4.74 Å². The van der Waals surface area contributed by atoms with Crippen molar-refractivity contribution >= 4 is 17.7 Å². The molecule has 0 amide bonds. The van der Waals surface area contributed by atoms with Gasteiger partial charge in [0.2, 0.25) is 0 Å².